The normalized spacial score (nSPS) is 14.4. The first-order valence-corrected chi connectivity index (χ1v) is 13.3. The van der Waals surface area contributed by atoms with E-state index >= 15 is 0 Å². The lowest BCUT2D eigenvalue weighted by atomic mass is 10.0. The summed E-state index contributed by atoms with van der Waals surface area (Å²) in [4.78, 5) is 53.9. The molecule has 11 nitrogen and oxygen atoms in total. The fourth-order valence-corrected chi connectivity index (χ4v) is 4.73. The highest BCUT2D eigenvalue weighted by molar-refractivity contribution is 6.08. The van der Waals surface area contributed by atoms with E-state index in [9.17, 15) is 9.59 Å². The quantitative estimate of drug-likeness (QED) is 0.241. The second-order valence-corrected chi connectivity index (χ2v) is 10.8. The van der Waals surface area contributed by atoms with E-state index in [1.165, 1.54) is 0 Å². The number of nitrogens with one attached hydrogen (secondary N) is 1. The molecule has 1 N–H and O–H groups in total. The fraction of sp³-hybridized carbons (Fsp3) is 0.267. The lowest BCUT2D eigenvalue weighted by molar-refractivity contribution is -0.144. The summed E-state index contributed by atoms with van der Waals surface area (Å²) in [5.74, 6) is 0.689. The maximum Gasteiger partial charge on any atom is 0.528 e. The fourth-order valence-electron chi connectivity index (χ4n) is 4.73. The summed E-state index contributed by atoms with van der Waals surface area (Å²) in [6.45, 7) is 7.58. The third-order valence-corrected chi connectivity index (χ3v) is 6.67. The number of H-pyrrole nitrogens is 1. The minimum atomic E-state index is -0.713. The van der Waals surface area contributed by atoms with Crippen LogP contribution in [-0.2, 0) is 9.57 Å². The maximum atomic E-state index is 13.4. The first-order valence-electron chi connectivity index (χ1n) is 13.3. The number of carbonyl (C=O) groups is 2. The molecule has 0 bridgehead atoms. The maximum absolute atomic E-state index is 13.4. The van der Waals surface area contributed by atoms with E-state index in [-0.39, 0.29) is 11.6 Å². The van der Waals surface area contributed by atoms with E-state index in [0.29, 0.717) is 48.6 Å². The Hall–Kier alpha value is -4.90. The topological polar surface area (TPSA) is 126 Å². The van der Waals surface area contributed by atoms with Crippen molar-refractivity contribution in [2.24, 2.45) is 0 Å². The van der Waals surface area contributed by atoms with Crippen LogP contribution in [-0.4, -0.2) is 73.7 Å². The SMILES string of the molecule is CC(C)(C)OC(=O)ON1CCN(c2ccc3nc(C(=O)c4ccnc(-c5cncc6ccccc56)c4)[nH]c3n2)CC1. The molecule has 5 heterocycles. The molecule has 208 valence electrons. The molecule has 1 fully saturated rings. The van der Waals surface area contributed by atoms with Gasteiger partial charge in [0.1, 0.15) is 16.9 Å². The molecular formula is C30H29N7O4. The number of benzene rings is 1. The Morgan fingerprint density at radius 1 is 0.951 bits per heavy atom. The number of piperazine rings is 1. The summed E-state index contributed by atoms with van der Waals surface area (Å²) in [7, 11) is 0. The molecule has 0 unspecified atom stereocenters. The molecule has 0 radical (unpaired) electrons. The number of anilines is 1. The van der Waals surface area contributed by atoms with Crippen LogP contribution in [0.1, 0.15) is 37.0 Å². The van der Waals surface area contributed by atoms with Gasteiger partial charge in [-0.3, -0.25) is 14.8 Å². The van der Waals surface area contributed by atoms with Gasteiger partial charge in [-0.15, -0.1) is 5.06 Å². The first-order chi connectivity index (χ1) is 19.7. The second-order valence-electron chi connectivity index (χ2n) is 10.8. The molecule has 0 atom stereocenters. The number of ketones is 1. The zero-order valence-corrected chi connectivity index (χ0v) is 23.0. The average Bonchev–Trinajstić information content (AvgIpc) is 3.39. The lowest BCUT2D eigenvalue weighted by Crippen LogP contribution is -2.47. The van der Waals surface area contributed by atoms with Crippen LogP contribution in [0.3, 0.4) is 0 Å². The van der Waals surface area contributed by atoms with E-state index in [1.54, 1.807) is 56.6 Å². The molecule has 4 aromatic heterocycles. The minimum absolute atomic E-state index is 0.202. The van der Waals surface area contributed by atoms with Crippen molar-refractivity contribution in [1.82, 2.24) is 30.0 Å². The molecule has 1 aliphatic heterocycles. The highest BCUT2D eigenvalue weighted by Crippen LogP contribution is 2.27. The monoisotopic (exact) mass is 551 g/mol. The van der Waals surface area contributed by atoms with Gasteiger partial charge >= 0.3 is 6.16 Å². The minimum Gasteiger partial charge on any atom is -0.427 e. The number of hydrogen-bond acceptors (Lipinski definition) is 10. The molecule has 6 rings (SSSR count). The highest BCUT2D eigenvalue weighted by Gasteiger charge is 2.25. The Morgan fingerprint density at radius 3 is 2.56 bits per heavy atom. The van der Waals surface area contributed by atoms with Crippen molar-refractivity contribution >= 4 is 39.7 Å². The molecule has 11 heteroatoms. The van der Waals surface area contributed by atoms with Crippen molar-refractivity contribution < 1.29 is 19.2 Å². The molecule has 5 aromatic rings. The molecule has 1 saturated heterocycles. The van der Waals surface area contributed by atoms with E-state index in [2.05, 4.69) is 24.8 Å². The Labute approximate surface area is 236 Å². The summed E-state index contributed by atoms with van der Waals surface area (Å²) in [5, 5.41) is 3.60. The van der Waals surface area contributed by atoms with Crippen LogP contribution in [0.5, 0.6) is 0 Å². The predicted molar refractivity (Wildman–Crippen MR) is 153 cm³/mol. The van der Waals surface area contributed by atoms with Crippen LogP contribution >= 0.6 is 0 Å². The van der Waals surface area contributed by atoms with Crippen molar-refractivity contribution in [3.8, 4) is 11.3 Å². The van der Waals surface area contributed by atoms with Crippen molar-refractivity contribution in [2.75, 3.05) is 31.1 Å². The van der Waals surface area contributed by atoms with Gasteiger partial charge in [-0.2, -0.15) is 0 Å². The van der Waals surface area contributed by atoms with E-state index in [1.807, 2.05) is 36.4 Å². The highest BCUT2D eigenvalue weighted by atomic mass is 16.8. The zero-order valence-electron chi connectivity index (χ0n) is 23.0. The van der Waals surface area contributed by atoms with Gasteiger partial charge in [-0.25, -0.2) is 14.8 Å². The standard InChI is InChI=1S/C30H29N7O4/c1-30(2,3)40-29(39)41-37-14-12-36(13-15-37)25-9-8-23-27(34-25)35-28(33-23)26(38)19-10-11-32-24(16-19)22-18-31-17-20-6-4-5-7-21(20)22/h4-11,16-18H,12-15H2,1-3H3,(H,33,34,35). The Balaban J connectivity index is 1.17. The van der Waals surface area contributed by atoms with Crippen LogP contribution in [0.4, 0.5) is 10.6 Å². The number of aromatic amines is 1. The summed E-state index contributed by atoms with van der Waals surface area (Å²) < 4.78 is 5.23. The van der Waals surface area contributed by atoms with Crippen LogP contribution in [0.15, 0.2) is 67.1 Å². The van der Waals surface area contributed by atoms with Crippen molar-refractivity contribution in [3.63, 3.8) is 0 Å². The number of pyridine rings is 3. The summed E-state index contributed by atoms with van der Waals surface area (Å²) in [6.07, 6.45) is 4.47. The summed E-state index contributed by atoms with van der Waals surface area (Å²) in [5.41, 5.74) is 2.47. The molecule has 0 saturated carbocycles. The number of ether oxygens (including phenoxy) is 1. The van der Waals surface area contributed by atoms with Gasteiger partial charge < -0.3 is 19.5 Å². The van der Waals surface area contributed by atoms with Crippen LogP contribution < -0.4 is 4.90 Å². The summed E-state index contributed by atoms with van der Waals surface area (Å²) in [6, 6.07) is 15.1. The first kappa shape index (κ1) is 26.3. The van der Waals surface area contributed by atoms with Crippen LogP contribution in [0, 0.1) is 0 Å². The molecule has 0 spiro atoms. The Morgan fingerprint density at radius 2 is 1.76 bits per heavy atom. The molecule has 1 aromatic carbocycles. The largest absolute Gasteiger partial charge is 0.528 e. The van der Waals surface area contributed by atoms with E-state index < -0.39 is 11.8 Å². The van der Waals surface area contributed by atoms with Gasteiger partial charge in [0, 0.05) is 48.2 Å². The van der Waals surface area contributed by atoms with Gasteiger partial charge in [-0.1, -0.05) is 24.3 Å². The Bertz CT molecular complexity index is 1750. The summed E-state index contributed by atoms with van der Waals surface area (Å²) >= 11 is 0. The molecule has 0 amide bonds. The van der Waals surface area contributed by atoms with Crippen LogP contribution in [0.2, 0.25) is 0 Å². The van der Waals surface area contributed by atoms with Gasteiger partial charge in [0.05, 0.1) is 18.8 Å². The number of hydroxylamine groups is 2. The van der Waals surface area contributed by atoms with Crippen molar-refractivity contribution in [3.05, 3.63) is 78.5 Å². The number of aromatic nitrogens is 5. The van der Waals surface area contributed by atoms with Gasteiger partial charge in [0.25, 0.3) is 0 Å². The molecule has 41 heavy (non-hydrogen) atoms. The number of rotatable bonds is 5. The third kappa shape index (κ3) is 5.71. The number of nitrogens with zero attached hydrogens (tertiary/aromatic N) is 6. The number of hydrogen-bond donors (Lipinski definition) is 1. The predicted octanol–water partition coefficient (Wildman–Crippen LogP) is 4.79. The molecule has 1 aliphatic rings. The van der Waals surface area contributed by atoms with Crippen LogP contribution in [0.25, 0.3) is 33.2 Å². The third-order valence-electron chi connectivity index (χ3n) is 6.67. The van der Waals surface area contributed by atoms with Crippen molar-refractivity contribution in [1.29, 1.82) is 0 Å². The molecule has 0 aliphatic carbocycles. The van der Waals surface area contributed by atoms with Gasteiger partial charge in [0.2, 0.25) is 5.78 Å². The van der Waals surface area contributed by atoms with Gasteiger partial charge in [-0.05, 0) is 50.4 Å². The van der Waals surface area contributed by atoms with Gasteiger partial charge in [0.15, 0.2) is 11.5 Å². The smallest absolute Gasteiger partial charge is 0.427 e. The number of carbonyl (C=O) groups excluding carboxylic acids is 2. The lowest BCUT2D eigenvalue weighted by Gasteiger charge is -2.34. The van der Waals surface area contributed by atoms with Crippen molar-refractivity contribution in [2.45, 2.75) is 26.4 Å². The van der Waals surface area contributed by atoms with E-state index in [4.69, 9.17) is 14.6 Å². The van der Waals surface area contributed by atoms with E-state index in [0.717, 1.165) is 22.2 Å². The molecular weight excluding hydrogens is 522 g/mol. The average molecular weight is 552 g/mol. The Kier molecular flexibility index (Phi) is 6.80. The zero-order chi connectivity index (χ0) is 28.6. The number of imidazole rings is 1. The number of fused-ring (bicyclic) bond motifs is 2. The second kappa shape index (κ2) is 10.6.